The number of ketones is 1. The summed E-state index contributed by atoms with van der Waals surface area (Å²) in [5.41, 5.74) is 3.67. The standard InChI is InChI=1S/C36H40BN9O6/c47-33(20-28(37(51)52)21-46-25-34(36(49)50)42-43-46)19-27-10-12-29(13-11-27)41-35(48)26-45(24-32-9-3-6-16-40-32)18-17-44(22-30-7-1-4-14-38-30)23-31-8-2-5-15-39-31/h1-16,25,28,51-52H,17-24,26H2,(H,41,48)(H,49,50)/t28-/m0/s1. The minimum Gasteiger partial charge on any atom is -0.476 e. The van der Waals surface area contributed by atoms with Gasteiger partial charge in [-0.1, -0.05) is 35.5 Å². The third-order valence-corrected chi connectivity index (χ3v) is 8.16. The zero-order valence-electron chi connectivity index (χ0n) is 28.5. The van der Waals surface area contributed by atoms with Crippen LogP contribution in [-0.2, 0) is 42.2 Å². The molecule has 4 aromatic heterocycles. The van der Waals surface area contributed by atoms with Gasteiger partial charge in [0.15, 0.2) is 5.69 Å². The number of anilines is 1. The number of hydrogen-bond acceptors (Lipinski definition) is 12. The highest BCUT2D eigenvalue weighted by Crippen LogP contribution is 2.19. The summed E-state index contributed by atoms with van der Waals surface area (Å²) in [6.45, 7) is 2.94. The van der Waals surface area contributed by atoms with Gasteiger partial charge in [-0.05, 0) is 54.1 Å². The molecule has 4 heterocycles. The number of nitrogens with zero attached hydrogens (tertiary/aromatic N) is 8. The number of carboxylic acid groups (broad SMARTS) is 1. The molecule has 0 saturated carbocycles. The van der Waals surface area contributed by atoms with Gasteiger partial charge < -0.3 is 20.5 Å². The van der Waals surface area contributed by atoms with Gasteiger partial charge in [0.25, 0.3) is 0 Å². The Bertz CT molecular complexity index is 1820. The van der Waals surface area contributed by atoms with Gasteiger partial charge in [0, 0.05) is 82.2 Å². The number of amides is 1. The van der Waals surface area contributed by atoms with Crippen LogP contribution in [0.3, 0.4) is 0 Å². The number of nitrogens with one attached hydrogen (secondary N) is 1. The molecule has 0 bridgehead atoms. The van der Waals surface area contributed by atoms with Crippen LogP contribution in [0.4, 0.5) is 5.69 Å². The molecule has 1 aromatic carbocycles. The summed E-state index contributed by atoms with van der Waals surface area (Å²) < 4.78 is 1.16. The number of rotatable bonds is 20. The van der Waals surface area contributed by atoms with Crippen LogP contribution in [0.25, 0.3) is 0 Å². The molecule has 0 spiro atoms. The van der Waals surface area contributed by atoms with Crippen LogP contribution in [0.5, 0.6) is 0 Å². The Morgan fingerprint density at radius 3 is 1.83 bits per heavy atom. The first-order chi connectivity index (χ1) is 25.2. The number of benzene rings is 1. The Hall–Kier alpha value is -5.68. The molecule has 0 radical (unpaired) electrons. The smallest absolute Gasteiger partial charge is 0.457 e. The highest BCUT2D eigenvalue weighted by Gasteiger charge is 2.27. The van der Waals surface area contributed by atoms with E-state index in [0.29, 0.717) is 44.0 Å². The Labute approximate surface area is 301 Å². The molecule has 268 valence electrons. The first-order valence-corrected chi connectivity index (χ1v) is 16.7. The number of Topliss-reactive ketones (excluding diaryl/α,β-unsaturated/α-hetero) is 1. The van der Waals surface area contributed by atoms with Crippen molar-refractivity contribution in [3.63, 3.8) is 0 Å². The van der Waals surface area contributed by atoms with Crippen LogP contribution < -0.4 is 5.32 Å². The maximum Gasteiger partial charge on any atom is 0.457 e. The summed E-state index contributed by atoms with van der Waals surface area (Å²) in [5, 5.41) is 38.8. The van der Waals surface area contributed by atoms with Gasteiger partial charge in [-0.2, -0.15) is 0 Å². The van der Waals surface area contributed by atoms with E-state index in [1.807, 2.05) is 59.5 Å². The molecule has 5 rings (SSSR count). The molecule has 5 aromatic rings. The molecule has 0 aliphatic heterocycles. The minimum atomic E-state index is -1.82. The van der Waals surface area contributed by atoms with Gasteiger partial charge in [-0.15, -0.1) is 5.10 Å². The van der Waals surface area contributed by atoms with E-state index in [9.17, 15) is 24.4 Å². The lowest BCUT2D eigenvalue weighted by Gasteiger charge is -2.27. The molecule has 0 aliphatic rings. The molecule has 0 saturated heterocycles. The molecule has 0 fully saturated rings. The number of carbonyl (C=O) groups is 3. The lowest BCUT2D eigenvalue weighted by molar-refractivity contribution is -0.119. The van der Waals surface area contributed by atoms with Crippen LogP contribution in [-0.4, -0.2) is 99.3 Å². The molecule has 1 amide bonds. The van der Waals surface area contributed by atoms with Crippen molar-refractivity contribution in [2.45, 2.75) is 44.8 Å². The number of hydrogen-bond donors (Lipinski definition) is 4. The lowest BCUT2D eigenvalue weighted by atomic mass is 9.69. The number of aromatic nitrogens is 6. The van der Waals surface area contributed by atoms with Crippen LogP contribution in [0, 0.1) is 0 Å². The van der Waals surface area contributed by atoms with Crippen molar-refractivity contribution in [3.05, 3.63) is 132 Å². The molecular formula is C36H40BN9O6. The second-order valence-electron chi connectivity index (χ2n) is 12.4. The fourth-order valence-corrected chi connectivity index (χ4v) is 5.57. The van der Waals surface area contributed by atoms with E-state index in [-0.39, 0.29) is 43.3 Å². The fourth-order valence-electron chi connectivity index (χ4n) is 5.57. The molecule has 0 unspecified atom stereocenters. The van der Waals surface area contributed by atoms with Crippen molar-refractivity contribution < 1.29 is 29.5 Å². The number of carboxylic acids is 1. The Morgan fingerprint density at radius 1 is 0.769 bits per heavy atom. The lowest BCUT2D eigenvalue weighted by Crippen LogP contribution is -2.39. The maximum absolute atomic E-state index is 13.3. The third kappa shape index (κ3) is 12.3. The van der Waals surface area contributed by atoms with Gasteiger partial charge in [-0.25, -0.2) is 4.79 Å². The summed E-state index contributed by atoms with van der Waals surface area (Å²) in [5.74, 6) is -2.64. The van der Waals surface area contributed by atoms with Gasteiger partial charge in [0.1, 0.15) is 5.78 Å². The highest BCUT2D eigenvalue weighted by atomic mass is 16.4. The normalized spacial score (nSPS) is 11.8. The van der Waals surface area contributed by atoms with E-state index in [0.717, 1.165) is 28.0 Å². The van der Waals surface area contributed by atoms with Crippen LogP contribution in [0.2, 0.25) is 5.82 Å². The second-order valence-corrected chi connectivity index (χ2v) is 12.4. The number of aromatic carboxylic acids is 1. The summed E-state index contributed by atoms with van der Waals surface area (Å²) in [6.07, 6.45) is 6.30. The zero-order chi connectivity index (χ0) is 36.7. The minimum absolute atomic E-state index is 0.0283. The Morgan fingerprint density at radius 2 is 1.33 bits per heavy atom. The van der Waals surface area contributed by atoms with Gasteiger partial charge >= 0.3 is 13.1 Å². The second kappa shape index (κ2) is 19.1. The number of carbonyl (C=O) groups excluding carboxylic acids is 2. The average Bonchev–Trinajstić information content (AvgIpc) is 3.61. The average molecular weight is 706 g/mol. The molecule has 16 heteroatoms. The van der Waals surface area contributed by atoms with E-state index in [2.05, 4.69) is 35.5 Å². The van der Waals surface area contributed by atoms with E-state index in [4.69, 9.17) is 5.11 Å². The van der Waals surface area contributed by atoms with Crippen molar-refractivity contribution in [2.75, 3.05) is 25.0 Å². The summed E-state index contributed by atoms with van der Waals surface area (Å²) >= 11 is 0. The fraction of sp³-hybridized carbons (Fsp3) is 0.278. The van der Waals surface area contributed by atoms with Gasteiger partial charge in [0.2, 0.25) is 5.91 Å². The van der Waals surface area contributed by atoms with Crippen molar-refractivity contribution in [1.82, 2.24) is 39.7 Å². The van der Waals surface area contributed by atoms with E-state index < -0.39 is 18.9 Å². The van der Waals surface area contributed by atoms with Gasteiger partial charge in [0.05, 0.1) is 29.8 Å². The van der Waals surface area contributed by atoms with Gasteiger partial charge in [-0.3, -0.25) is 39.0 Å². The summed E-state index contributed by atoms with van der Waals surface area (Å²) in [6, 6.07) is 24.3. The monoisotopic (exact) mass is 705 g/mol. The SMILES string of the molecule is O=C(Cc1ccc(NC(=O)CN(CCN(Cc2ccccn2)Cc2ccccn2)Cc2ccccn2)cc1)C[C@@H](Cn1cc(C(=O)O)nn1)B(O)O. The molecular weight excluding hydrogens is 665 g/mol. The van der Waals surface area contributed by atoms with Crippen molar-refractivity contribution in [3.8, 4) is 0 Å². The quantitative estimate of drug-likeness (QED) is 0.0862. The van der Waals surface area contributed by atoms with Crippen LogP contribution in [0.1, 0.15) is 39.6 Å². The highest BCUT2D eigenvalue weighted by molar-refractivity contribution is 6.43. The van der Waals surface area contributed by atoms with Crippen molar-refractivity contribution in [2.24, 2.45) is 0 Å². The number of pyridine rings is 3. The van der Waals surface area contributed by atoms with Crippen molar-refractivity contribution in [1.29, 1.82) is 0 Å². The first-order valence-electron chi connectivity index (χ1n) is 16.7. The predicted octanol–water partition coefficient (Wildman–Crippen LogP) is 2.35. The van der Waals surface area contributed by atoms with Crippen LogP contribution >= 0.6 is 0 Å². The molecule has 1 atom stereocenters. The third-order valence-electron chi connectivity index (χ3n) is 8.16. The van der Waals surface area contributed by atoms with Crippen molar-refractivity contribution >= 4 is 30.5 Å². The van der Waals surface area contributed by atoms with Crippen LogP contribution in [0.15, 0.2) is 104 Å². The Kier molecular flexibility index (Phi) is 13.8. The Balaban J connectivity index is 1.17. The predicted molar refractivity (Wildman–Crippen MR) is 191 cm³/mol. The van der Waals surface area contributed by atoms with E-state index in [1.165, 1.54) is 0 Å². The molecule has 0 aliphatic carbocycles. The van der Waals surface area contributed by atoms with E-state index in [1.54, 1.807) is 42.9 Å². The summed E-state index contributed by atoms with van der Waals surface area (Å²) in [4.78, 5) is 55.0. The van der Waals surface area contributed by atoms with E-state index >= 15 is 0 Å². The molecule has 52 heavy (non-hydrogen) atoms. The summed E-state index contributed by atoms with van der Waals surface area (Å²) in [7, 11) is -1.82. The molecule has 4 N–H and O–H groups in total. The topological polar surface area (TPSA) is 200 Å². The maximum atomic E-state index is 13.3. The largest absolute Gasteiger partial charge is 0.476 e. The molecule has 15 nitrogen and oxygen atoms in total. The first kappa shape index (κ1) is 37.6. The zero-order valence-corrected chi connectivity index (χ0v) is 28.5.